The summed E-state index contributed by atoms with van der Waals surface area (Å²) >= 11 is 0. The number of primary amides is 1. The predicted molar refractivity (Wildman–Crippen MR) is 89.2 cm³/mol. The largest absolute Gasteiger partial charge is 0.478 e. The number of carboxylic acid groups (broad SMARTS) is 1. The van der Waals surface area contributed by atoms with Gasteiger partial charge in [0.2, 0.25) is 5.91 Å². The zero-order valence-electron chi connectivity index (χ0n) is 14.2. The molecular weight excluding hydrogens is 268 g/mol. The number of carboxylic acids is 1. The summed E-state index contributed by atoms with van der Waals surface area (Å²) in [6, 6.07) is 0. The first-order chi connectivity index (χ1) is 9.97. The molecule has 0 aliphatic heterocycles. The highest BCUT2D eigenvalue weighted by Crippen LogP contribution is 2.00. The number of aliphatic carboxylic acids is 1. The van der Waals surface area contributed by atoms with Crippen molar-refractivity contribution in [2.45, 2.75) is 59.8 Å². The Morgan fingerprint density at radius 3 is 1.71 bits per heavy atom. The number of hydrogen-bond acceptors (Lipinski definition) is 3. The monoisotopic (exact) mass is 302 g/mol. The lowest BCUT2D eigenvalue weighted by molar-refractivity contribution is -0.131. The summed E-state index contributed by atoms with van der Waals surface area (Å²) in [5.41, 5.74) is 5.13. The molecule has 126 valence electrons. The fraction of sp³-hybridized carbons (Fsp3) is 0.750. The zero-order valence-corrected chi connectivity index (χ0v) is 14.2. The number of nitrogens with two attached hydrogens (primary N) is 1. The van der Waals surface area contributed by atoms with Gasteiger partial charge in [-0.3, -0.25) is 4.79 Å². The van der Waals surface area contributed by atoms with E-state index in [-0.39, 0.29) is 5.91 Å². The van der Waals surface area contributed by atoms with Gasteiger partial charge in [0.15, 0.2) is 0 Å². The van der Waals surface area contributed by atoms with Gasteiger partial charge in [0.05, 0.1) is 0 Å². The predicted octanol–water partition coefficient (Wildman–Crippen LogP) is 3.05. The molecule has 0 aromatic carbocycles. The average molecular weight is 302 g/mol. The van der Waals surface area contributed by atoms with Crippen LogP contribution in [0.4, 0.5) is 0 Å². The molecular formula is C16H34N2O3. The van der Waals surface area contributed by atoms with E-state index in [2.05, 4.69) is 25.3 Å². The van der Waals surface area contributed by atoms with Gasteiger partial charge in [0.1, 0.15) is 0 Å². The van der Waals surface area contributed by atoms with E-state index in [1.165, 1.54) is 25.7 Å². The third kappa shape index (κ3) is 27.7. The highest BCUT2D eigenvalue weighted by Gasteiger charge is 2.04. The molecule has 0 aliphatic rings. The fourth-order valence-corrected chi connectivity index (χ4v) is 1.37. The number of carbonyl (C=O) groups is 2. The van der Waals surface area contributed by atoms with Crippen LogP contribution in [-0.4, -0.2) is 41.5 Å². The van der Waals surface area contributed by atoms with E-state index in [1.54, 1.807) is 0 Å². The van der Waals surface area contributed by atoms with Gasteiger partial charge in [-0.15, -0.1) is 0 Å². The second-order valence-electron chi connectivity index (χ2n) is 4.31. The Hall–Kier alpha value is -1.36. The molecule has 0 saturated heterocycles. The molecule has 0 spiro atoms. The van der Waals surface area contributed by atoms with Gasteiger partial charge in [-0.1, -0.05) is 47.1 Å². The summed E-state index contributed by atoms with van der Waals surface area (Å²) in [4.78, 5) is 22.2. The van der Waals surface area contributed by atoms with Crippen LogP contribution in [0, 0.1) is 0 Å². The first-order valence-corrected chi connectivity index (χ1v) is 7.83. The van der Waals surface area contributed by atoms with E-state index in [0.717, 1.165) is 25.7 Å². The van der Waals surface area contributed by atoms with Crippen LogP contribution in [-0.2, 0) is 9.59 Å². The molecule has 0 aromatic rings. The standard InChI is InChI=1S/C11H24N2O.C3H4O2.C2H6/c1-3-5-8-13(9-6-4-2)10-7-11(12)14;1-2-3(4)5;1-2/h3-10H2,1-2H3,(H2,12,14);2H,1H2,(H,4,5);1-2H3. The van der Waals surface area contributed by atoms with Gasteiger partial charge in [0.25, 0.3) is 0 Å². The highest BCUT2D eigenvalue weighted by atomic mass is 16.4. The lowest BCUT2D eigenvalue weighted by atomic mass is 10.2. The Balaban J connectivity index is -0.000000389. The molecule has 5 nitrogen and oxygen atoms in total. The molecule has 0 aliphatic carbocycles. The molecule has 0 atom stereocenters. The Morgan fingerprint density at radius 2 is 1.48 bits per heavy atom. The van der Waals surface area contributed by atoms with Crippen LogP contribution in [0.1, 0.15) is 59.8 Å². The molecule has 0 heterocycles. The summed E-state index contributed by atoms with van der Waals surface area (Å²) in [5.74, 6) is -1.17. The van der Waals surface area contributed by atoms with Crippen molar-refractivity contribution in [1.29, 1.82) is 0 Å². The van der Waals surface area contributed by atoms with Gasteiger partial charge >= 0.3 is 5.97 Å². The Labute approximate surface area is 130 Å². The zero-order chi connectivity index (χ0) is 17.1. The van der Waals surface area contributed by atoms with Crippen molar-refractivity contribution in [3.63, 3.8) is 0 Å². The molecule has 0 saturated carbocycles. The Kier molecular flexibility index (Phi) is 24.6. The molecule has 0 radical (unpaired) electrons. The normalized spacial score (nSPS) is 9.00. The molecule has 0 rings (SSSR count). The van der Waals surface area contributed by atoms with Crippen molar-refractivity contribution in [3.8, 4) is 0 Å². The minimum atomic E-state index is -0.981. The number of unbranched alkanes of at least 4 members (excludes halogenated alkanes) is 2. The molecule has 5 heteroatoms. The van der Waals surface area contributed by atoms with E-state index < -0.39 is 5.97 Å². The van der Waals surface area contributed by atoms with Gasteiger partial charge in [-0.25, -0.2) is 4.79 Å². The number of hydrogen-bond donors (Lipinski definition) is 2. The lowest BCUT2D eigenvalue weighted by Crippen LogP contribution is -2.30. The van der Waals surface area contributed by atoms with Gasteiger partial charge in [-0.2, -0.15) is 0 Å². The van der Waals surface area contributed by atoms with Crippen molar-refractivity contribution < 1.29 is 14.7 Å². The van der Waals surface area contributed by atoms with Gasteiger partial charge in [0, 0.05) is 19.0 Å². The third-order valence-corrected chi connectivity index (χ3v) is 2.50. The molecule has 1 amide bonds. The van der Waals surface area contributed by atoms with Crippen LogP contribution in [0.25, 0.3) is 0 Å². The summed E-state index contributed by atoms with van der Waals surface area (Å²) in [6.07, 6.45) is 6.16. The highest BCUT2D eigenvalue weighted by molar-refractivity contribution is 5.78. The lowest BCUT2D eigenvalue weighted by Gasteiger charge is -2.20. The summed E-state index contributed by atoms with van der Waals surface area (Å²) in [6.45, 7) is 14.4. The number of rotatable bonds is 10. The third-order valence-electron chi connectivity index (χ3n) is 2.50. The smallest absolute Gasteiger partial charge is 0.327 e. The van der Waals surface area contributed by atoms with Crippen LogP contribution in [0.3, 0.4) is 0 Å². The SMILES string of the molecule is C=CC(=O)O.CC.CCCCN(CCCC)CCC(N)=O. The first kappa shape index (κ1) is 24.6. The van der Waals surface area contributed by atoms with Crippen molar-refractivity contribution in [1.82, 2.24) is 4.90 Å². The second kappa shape index (κ2) is 20.9. The van der Waals surface area contributed by atoms with Crippen molar-refractivity contribution in [3.05, 3.63) is 12.7 Å². The summed E-state index contributed by atoms with van der Waals surface area (Å²) in [7, 11) is 0. The van der Waals surface area contributed by atoms with E-state index >= 15 is 0 Å². The van der Waals surface area contributed by atoms with Crippen molar-refractivity contribution in [2.75, 3.05) is 19.6 Å². The number of amides is 1. The van der Waals surface area contributed by atoms with Crippen LogP contribution in [0.15, 0.2) is 12.7 Å². The van der Waals surface area contributed by atoms with Crippen molar-refractivity contribution >= 4 is 11.9 Å². The molecule has 21 heavy (non-hydrogen) atoms. The molecule has 0 bridgehead atoms. The maximum atomic E-state index is 10.6. The van der Waals surface area contributed by atoms with E-state index in [9.17, 15) is 9.59 Å². The van der Waals surface area contributed by atoms with Crippen LogP contribution < -0.4 is 5.73 Å². The molecule has 0 aromatic heterocycles. The maximum Gasteiger partial charge on any atom is 0.327 e. The van der Waals surface area contributed by atoms with Crippen molar-refractivity contribution in [2.24, 2.45) is 5.73 Å². The van der Waals surface area contributed by atoms with Crippen LogP contribution in [0.2, 0.25) is 0 Å². The van der Waals surface area contributed by atoms with E-state index in [0.29, 0.717) is 6.42 Å². The Morgan fingerprint density at radius 1 is 1.10 bits per heavy atom. The molecule has 0 unspecified atom stereocenters. The topological polar surface area (TPSA) is 83.6 Å². The Bertz CT molecular complexity index is 248. The molecule has 3 N–H and O–H groups in total. The summed E-state index contributed by atoms with van der Waals surface area (Å²) in [5, 5.41) is 7.60. The van der Waals surface area contributed by atoms with Crippen LogP contribution in [0.5, 0.6) is 0 Å². The van der Waals surface area contributed by atoms with Gasteiger partial charge in [-0.05, 0) is 25.9 Å². The average Bonchev–Trinajstić information content (AvgIpc) is 2.49. The van der Waals surface area contributed by atoms with Gasteiger partial charge < -0.3 is 15.7 Å². The number of carbonyl (C=O) groups excluding carboxylic acids is 1. The van der Waals surface area contributed by atoms with E-state index in [4.69, 9.17) is 10.8 Å². The summed E-state index contributed by atoms with van der Waals surface area (Å²) < 4.78 is 0. The quantitative estimate of drug-likeness (QED) is 0.607. The second-order valence-corrected chi connectivity index (χ2v) is 4.31. The first-order valence-electron chi connectivity index (χ1n) is 7.83. The fourth-order valence-electron chi connectivity index (χ4n) is 1.37. The minimum absolute atomic E-state index is 0.192. The number of nitrogens with zero attached hydrogens (tertiary/aromatic N) is 1. The minimum Gasteiger partial charge on any atom is -0.478 e. The van der Waals surface area contributed by atoms with E-state index in [1.807, 2.05) is 13.8 Å². The van der Waals surface area contributed by atoms with Crippen LogP contribution >= 0.6 is 0 Å². The maximum absolute atomic E-state index is 10.6. The molecule has 0 fully saturated rings.